The van der Waals surface area contributed by atoms with E-state index in [1.54, 1.807) is 0 Å². The molecule has 78 valence electrons. The Balaban J connectivity index is 3.25. The lowest BCUT2D eigenvalue weighted by atomic mass is 10.5. The minimum Gasteiger partial charge on any atom is -0.355 e. The summed E-state index contributed by atoms with van der Waals surface area (Å²) in [5, 5.41) is 5.60. The molecule has 0 rings (SSSR count). The molecule has 1 unspecified atom stereocenters. The minimum atomic E-state index is -0.740. The van der Waals surface area contributed by atoms with Crippen LogP contribution >= 0.6 is 0 Å². The van der Waals surface area contributed by atoms with Crippen LogP contribution in [0.15, 0.2) is 0 Å². The lowest BCUT2D eigenvalue weighted by Crippen LogP contribution is -2.35. The molecule has 0 aliphatic carbocycles. The van der Waals surface area contributed by atoms with Crippen molar-refractivity contribution in [2.75, 3.05) is 31.1 Å². The Morgan fingerprint density at radius 2 is 2.08 bits per heavy atom. The number of rotatable bonds is 7. The van der Waals surface area contributed by atoms with Crippen LogP contribution in [0, 0.1) is 0 Å². The van der Waals surface area contributed by atoms with Crippen LogP contribution in [0.3, 0.4) is 0 Å². The van der Waals surface area contributed by atoms with E-state index >= 15 is 0 Å². The molecule has 0 heterocycles. The average molecular weight is 206 g/mol. The van der Waals surface area contributed by atoms with Gasteiger partial charge in [0.05, 0.1) is 6.54 Å². The Labute approximate surface area is 81.9 Å². The Hall–Kier alpha value is -0.420. The van der Waals surface area contributed by atoms with Crippen LogP contribution in [0.25, 0.3) is 0 Å². The number of hydrogen-bond acceptors (Lipinski definition) is 3. The topological polar surface area (TPSA) is 58.2 Å². The van der Waals surface area contributed by atoms with Crippen molar-refractivity contribution in [3.05, 3.63) is 0 Å². The molecule has 0 radical (unpaired) electrons. The summed E-state index contributed by atoms with van der Waals surface area (Å²) in [4.78, 5) is 10.9. The maximum atomic E-state index is 11.0. The zero-order chi connectivity index (χ0) is 10.1. The van der Waals surface area contributed by atoms with E-state index in [1.165, 1.54) is 0 Å². The van der Waals surface area contributed by atoms with E-state index in [4.69, 9.17) is 0 Å². The van der Waals surface area contributed by atoms with Gasteiger partial charge in [-0.3, -0.25) is 9.00 Å². The number of carbonyl (C=O) groups excluding carboxylic acids is 1. The van der Waals surface area contributed by atoms with Gasteiger partial charge in [-0.15, -0.1) is 0 Å². The molecule has 0 bridgehead atoms. The predicted octanol–water partition coefficient (Wildman–Crippen LogP) is -0.519. The predicted molar refractivity (Wildman–Crippen MR) is 55.1 cm³/mol. The zero-order valence-corrected chi connectivity index (χ0v) is 9.08. The average Bonchev–Trinajstić information content (AvgIpc) is 2.12. The molecular weight excluding hydrogens is 188 g/mol. The summed E-state index contributed by atoms with van der Waals surface area (Å²) < 4.78 is 11.0. The third-order valence-electron chi connectivity index (χ3n) is 1.49. The quantitative estimate of drug-likeness (QED) is 0.551. The molecule has 0 aromatic carbocycles. The molecule has 1 atom stereocenters. The van der Waals surface area contributed by atoms with Crippen LogP contribution in [-0.4, -0.2) is 41.3 Å². The summed E-state index contributed by atoms with van der Waals surface area (Å²) in [5.41, 5.74) is 0. The molecule has 0 spiro atoms. The van der Waals surface area contributed by atoms with Gasteiger partial charge in [-0.05, 0) is 6.92 Å². The Morgan fingerprint density at radius 3 is 2.62 bits per heavy atom. The minimum absolute atomic E-state index is 0.00946. The molecule has 2 N–H and O–H groups in total. The van der Waals surface area contributed by atoms with Gasteiger partial charge in [0.1, 0.15) is 0 Å². The van der Waals surface area contributed by atoms with E-state index < -0.39 is 10.8 Å². The zero-order valence-electron chi connectivity index (χ0n) is 8.26. The highest BCUT2D eigenvalue weighted by Crippen LogP contribution is 1.78. The first-order valence-electron chi connectivity index (χ1n) is 4.53. The van der Waals surface area contributed by atoms with E-state index in [-0.39, 0.29) is 5.91 Å². The molecule has 1 amide bonds. The largest absolute Gasteiger partial charge is 0.355 e. The summed E-state index contributed by atoms with van der Waals surface area (Å²) in [7, 11) is -0.740. The number of nitrogens with one attached hydrogen (secondary N) is 2. The van der Waals surface area contributed by atoms with Crippen molar-refractivity contribution < 1.29 is 9.00 Å². The highest BCUT2D eigenvalue weighted by atomic mass is 32.2. The van der Waals surface area contributed by atoms with Gasteiger partial charge in [0.15, 0.2) is 0 Å². The molecule has 0 aromatic rings. The van der Waals surface area contributed by atoms with Crippen LogP contribution in [-0.2, 0) is 15.6 Å². The van der Waals surface area contributed by atoms with Crippen LogP contribution < -0.4 is 10.6 Å². The molecule has 0 saturated carbocycles. The smallest absolute Gasteiger partial charge is 0.233 e. The van der Waals surface area contributed by atoms with Crippen molar-refractivity contribution in [1.82, 2.24) is 10.6 Å². The molecule has 0 aliphatic rings. The highest BCUT2D eigenvalue weighted by molar-refractivity contribution is 7.84. The first-order valence-corrected chi connectivity index (χ1v) is 6.01. The molecule has 0 saturated heterocycles. The molecule has 4 nitrogen and oxygen atoms in total. The van der Waals surface area contributed by atoms with Crippen molar-refractivity contribution in [3.8, 4) is 0 Å². The fraction of sp³-hybridized carbons (Fsp3) is 0.875. The van der Waals surface area contributed by atoms with Gasteiger partial charge >= 0.3 is 0 Å². The fourth-order valence-electron chi connectivity index (χ4n) is 0.792. The number of carbonyl (C=O) groups is 1. The second kappa shape index (κ2) is 8.19. The van der Waals surface area contributed by atoms with E-state index in [0.717, 1.165) is 0 Å². The SMILES string of the molecule is CCNC(=O)CNCCS(=O)CC. The van der Waals surface area contributed by atoms with Crippen molar-refractivity contribution in [2.24, 2.45) is 0 Å². The van der Waals surface area contributed by atoms with Gasteiger partial charge in [0.25, 0.3) is 0 Å². The molecule has 0 aromatic heterocycles. The maximum absolute atomic E-state index is 11.0. The molecule has 0 aliphatic heterocycles. The molecule has 13 heavy (non-hydrogen) atoms. The second-order valence-corrected chi connectivity index (χ2v) is 4.43. The van der Waals surface area contributed by atoms with E-state index in [1.807, 2.05) is 13.8 Å². The van der Waals surface area contributed by atoms with Crippen molar-refractivity contribution in [3.63, 3.8) is 0 Å². The van der Waals surface area contributed by atoms with E-state index in [9.17, 15) is 9.00 Å². The van der Waals surface area contributed by atoms with Crippen LogP contribution in [0.4, 0.5) is 0 Å². The molecular formula is C8H18N2O2S. The Morgan fingerprint density at radius 1 is 1.38 bits per heavy atom. The van der Waals surface area contributed by atoms with Crippen molar-refractivity contribution in [1.29, 1.82) is 0 Å². The second-order valence-electron chi connectivity index (χ2n) is 2.56. The summed E-state index contributed by atoms with van der Waals surface area (Å²) in [6.45, 7) is 5.37. The maximum Gasteiger partial charge on any atom is 0.233 e. The first-order chi connectivity index (χ1) is 6.20. The van der Waals surface area contributed by atoms with Crippen LogP contribution in [0.2, 0.25) is 0 Å². The van der Waals surface area contributed by atoms with Gasteiger partial charge < -0.3 is 10.6 Å². The lowest BCUT2D eigenvalue weighted by molar-refractivity contribution is -0.120. The Kier molecular flexibility index (Phi) is 7.93. The van der Waals surface area contributed by atoms with Gasteiger partial charge in [0.2, 0.25) is 5.91 Å². The normalized spacial score (nSPS) is 12.5. The highest BCUT2D eigenvalue weighted by Gasteiger charge is 1.98. The van der Waals surface area contributed by atoms with Crippen molar-refractivity contribution in [2.45, 2.75) is 13.8 Å². The van der Waals surface area contributed by atoms with Gasteiger partial charge in [-0.2, -0.15) is 0 Å². The summed E-state index contributed by atoms with van der Waals surface area (Å²) in [5.74, 6) is 1.29. The summed E-state index contributed by atoms with van der Waals surface area (Å²) in [6.07, 6.45) is 0. The third-order valence-corrected chi connectivity index (χ3v) is 2.79. The number of amides is 1. The van der Waals surface area contributed by atoms with Crippen LogP contribution in [0.5, 0.6) is 0 Å². The summed E-state index contributed by atoms with van der Waals surface area (Å²) >= 11 is 0. The standard InChI is InChI=1S/C8H18N2O2S/c1-3-10-8(11)7-9-5-6-13(12)4-2/h9H,3-7H2,1-2H3,(H,10,11). The van der Waals surface area contributed by atoms with Crippen molar-refractivity contribution >= 4 is 16.7 Å². The molecule has 0 fully saturated rings. The fourth-order valence-corrected chi connectivity index (χ4v) is 1.45. The Bertz CT molecular complexity index is 174. The summed E-state index contributed by atoms with van der Waals surface area (Å²) in [6, 6.07) is 0. The van der Waals surface area contributed by atoms with E-state index in [0.29, 0.717) is 31.1 Å². The van der Waals surface area contributed by atoms with Crippen LogP contribution in [0.1, 0.15) is 13.8 Å². The molecule has 5 heteroatoms. The van der Waals surface area contributed by atoms with Gasteiger partial charge in [-0.25, -0.2) is 0 Å². The van der Waals surface area contributed by atoms with E-state index in [2.05, 4.69) is 10.6 Å². The van der Waals surface area contributed by atoms with Gasteiger partial charge in [0, 0.05) is 35.4 Å². The third kappa shape index (κ3) is 7.93. The monoisotopic (exact) mass is 206 g/mol. The lowest BCUT2D eigenvalue weighted by Gasteiger charge is -2.03. The first kappa shape index (κ1) is 12.6. The number of hydrogen-bond donors (Lipinski definition) is 2. The van der Waals surface area contributed by atoms with Gasteiger partial charge in [-0.1, -0.05) is 6.92 Å². The number of likely N-dealkylation sites (N-methyl/N-ethyl adjacent to an activating group) is 1.